The summed E-state index contributed by atoms with van der Waals surface area (Å²) in [6.45, 7) is 4.35. The highest BCUT2D eigenvalue weighted by atomic mass is 19.4. The molecule has 0 atom stereocenters. The normalized spacial score (nSPS) is 14.7. The van der Waals surface area contributed by atoms with Gasteiger partial charge in [-0.3, -0.25) is 9.88 Å². The number of rotatable bonds is 3. The molecule has 0 fully saturated rings. The molecule has 0 unspecified atom stereocenters. The van der Waals surface area contributed by atoms with Gasteiger partial charge in [0.2, 0.25) is 0 Å². The van der Waals surface area contributed by atoms with Crippen LogP contribution in [0.1, 0.15) is 28.1 Å². The number of alkyl halides is 3. The number of nitrogens with zero attached hydrogens (tertiary/aromatic N) is 4. The highest BCUT2D eigenvalue weighted by Gasteiger charge is 2.30. The summed E-state index contributed by atoms with van der Waals surface area (Å²) in [6, 6.07) is 8.94. The summed E-state index contributed by atoms with van der Waals surface area (Å²) in [7, 11) is 0. The molecule has 0 N–H and O–H groups in total. The molecular formula is C21H19F3N4. The molecule has 0 spiro atoms. The Morgan fingerprint density at radius 3 is 2.57 bits per heavy atom. The molecule has 3 aromatic rings. The quantitative estimate of drug-likeness (QED) is 0.670. The highest BCUT2D eigenvalue weighted by Crippen LogP contribution is 2.30. The van der Waals surface area contributed by atoms with Crippen molar-refractivity contribution in [3.8, 4) is 11.4 Å². The summed E-state index contributed by atoms with van der Waals surface area (Å²) in [6.07, 6.45) is 0.0810. The lowest BCUT2D eigenvalue weighted by molar-refractivity contribution is -0.137. The van der Waals surface area contributed by atoms with Crippen LogP contribution in [-0.4, -0.2) is 26.4 Å². The lowest BCUT2D eigenvalue weighted by atomic mass is 10.1. The third-order valence-corrected chi connectivity index (χ3v) is 4.99. The maximum Gasteiger partial charge on any atom is 0.416 e. The van der Waals surface area contributed by atoms with Crippen LogP contribution in [0.25, 0.3) is 11.4 Å². The standard InChI is InChI=1S/C21H19F3N4/c1-14-3-2-9-25-18(14)12-28-10-8-16-11-26-20(27-19(16)13-28)15-4-6-17(7-5-15)21(22,23)24/h2-7,9,11H,8,10,12-13H2,1H3. The number of benzene rings is 1. The van der Waals surface area contributed by atoms with E-state index < -0.39 is 11.7 Å². The average molecular weight is 384 g/mol. The Morgan fingerprint density at radius 1 is 1.07 bits per heavy atom. The minimum Gasteiger partial charge on any atom is -0.291 e. The van der Waals surface area contributed by atoms with Gasteiger partial charge in [-0.1, -0.05) is 18.2 Å². The van der Waals surface area contributed by atoms with Gasteiger partial charge < -0.3 is 0 Å². The van der Waals surface area contributed by atoms with Crippen LogP contribution >= 0.6 is 0 Å². The van der Waals surface area contributed by atoms with Crippen molar-refractivity contribution in [1.82, 2.24) is 19.9 Å². The van der Waals surface area contributed by atoms with E-state index >= 15 is 0 Å². The maximum absolute atomic E-state index is 12.8. The molecule has 1 aromatic carbocycles. The monoisotopic (exact) mass is 384 g/mol. The van der Waals surface area contributed by atoms with Crippen LogP contribution in [0, 0.1) is 6.92 Å². The lowest BCUT2D eigenvalue weighted by Crippen LogP contribution is -2.31. The van der Waals surface area contributed by atoms with E-state index in [4.69, 9.17) is 0 Å². The predicted molar refractivity (Wildman–Crippen MR) is 99.3 cm³/mol. The van der Waals surface area contributed by atoms with Crippen molar-refractivity contribution < 1.29 is 13.2 Å². The van der Waals surface area contributed by atoms with Gasteiger partial charge in [-0.05, 0) is 42.7 Å². The van der Waals surface area contributed by atoms with Gasteiger partial charge >= 0.3 is 6.18 Å². The molecule has 0 aliphatic carbocycles. The van der Waals surface area contributed by atoms with Crippen LogP contribution < -0.4 is 0 Å². The molecule has 0 saturated heterocycles. The summed E-state index contributed by atoms with van der Waals surface area (Å²) in [4.78, 5) is 15.7. The van der Waals surface area contributed by atoms with Crippen molar-refractivity contribution in [1.29, 1.82) is 0 Å². The van der Waals surface area contributed by atoms with Crippen molar-refractivity contribution in [3.05, 3.63) is 76.9 Å². The Hall–Kier alpha value is -2.80. The fraction of sp³-hybridized carbons (Fsp3) is 0.286. The minimum atomic E-state index is -4.35. The van der Waals surface area contributed by atoms with Crippen molar-refractivity contribution in [3.63, 3.8) is 0 Å². The zero-order chi connectivity index (χ0) is 19.7. The SMILES string of the molecule is Cc1cccnc1CN1CCc2cnc(-c3ccc(C(F)(F)F)cc3)nc2C1. The van der Waals surface area contributed by atoms with E-state index in [1.807, 2.05) is 19.1 Å². The van der Waals surface area contributed by atoms with Gasteiger partial charge in [-0.2, -0.15) is 13.2 Å². The zero-order valence-electron chi connectivity index (χ0n) is 15.4. The number of hydrogen-bond acceptors (Lipinski definition) is 4. The van der Waals surface area contributed by atoms with E-state index in [-0.39, 0.29) is 0 Å². The number of aromatic nitrogens is 3. The van der Waals surface area contributed by atoms with Gasteiger partial charge in [0.25, 0.3) is 0 Å². The Morgan fingerprint density at radius 2 is 1.86 bits per heavy atom. The first kappa shape index (κ1) is 18.6. The third kappa shape index (κ3) is 3.89. The molecule has 4 rings (SSSR count). The first-order chi connectivity index (χ1) is 13.4. The van der Waals surface area contributed by atoms with E-state index in [1.54, 1.807) is 12.4 Å². The molecule has 0 radical (unpaired) electrons. The Bertz CT molecular complexity index is 984. The van der Waals surface area contributed by atoms with Crippen LogP contribution in [0.4, 0.5) is 13.2 Å². The van der Waals surface area contributed by atoms with E-state index in [2.05, 4.69) is 19.9 Å². The molecular weight excluding hydrogens is 365 g/mol. The van der Waals surface area contributed by atoms with Gasteiger partial charge in [0, 0.05) is 37.6 Å². The summed E-state index contributed by atoms with van der Waals surface area (Å²) >= 11 is 0. The van der Waals surface area contributed by atoms with E-state index in [0.29, 0.717) is 17.9 Å². The smallest absolute Gasteiger partial charge is 0.291 e. The van der Waals surface area contributed by atoms with Crippen molar-refractivity contribution in [2.24, 2.45) is 0 Å². The van der Waals surface area contributed by atoms with Crippen LogP contribution in [0.15, 0.2) is 48.8 Å². The molecule has 1 aliphatic rings. The van der Waals surface area contributed by atoms with Gasteiger partial charge in [-0.15, -0.1) is 0 Å². The number of aryl methyl sites for hydroxylation is 1. The second-order valence-electron chi connectivity index (χ2n) is 6.97. The summed E-state index contributed by atoms with van der Waals surface area (Å²) in [5.41, 5.74) is 4.11. The molecule has 0 amide bonds. The largest absolute Gasteiger partial charge is 0.416 e. The minimum absolute atomic E-state index is 0.448. The van der Waals surface area contributed by atoms with Gasteiger partial charge in [0.05, 0.1) is 17.0 Å². The molecule has 1 aliphatic heterocycles. The molecule has 2 aromatic heterocycles. The lowest BCUT2D eigenvalue weighted by Gasteiger charge is -2.28. The first-order valence-electron chi connectivity index (χ1n) is 9.05. The van der Waals surface area contributed by atoms with E-state index in [1.165, 1.54) is 12.1 Å². The third-order valence-electron chi connectivity index (χ3n) is 4.99. The van der Waals surface area contributed by atoms with Crippen LogP contribution in [-0.2, 0) is 25.7 Å². The van der Waals surface area contributed by atoms with Crippen LogP contribution in [0.5, 0.6) is 0 Å². The first-order valence-corrected chi connectivity index (χ1v) is 9.05. The number of pyridine rings is 1. The predicted octanol–water partition coefficient (Wildman–Crippen LogP) is 4.42. The van der Waals surface area contributed by atoms with Gasteiger partial charge in [-0.25, -0.2) is 9.97 Å². The Labute approximate surface area is 161 Å². The van der Waals surface area contributed by atoms with E-state index in [9.17, 15) is 13.2 Å². The molecule has 0 saturated carbocycles. The molecule has 7 heteroatoms. The number of hydrogen-bond donors (Lipinski definition) is 0. The second kappa shape index (κ2) is 7.31. The number of halogens is 3. The van der Waals surface area contributed by atoms with Crippen molar-refractivity contribution in [2.45, 2.75) is 32.6 Å². The Balaban J connectivity index is 1.54. The topological polar surface area (TPSA) is 41.9 Å². The summed E-state index contributed by atoms with van der Waals surface area (Å²) < 4.78 is 38.3. The van der Waals surface area contributed by atoms with Crippen molar-refractivity contribution in [2.75, 3.05) is 6.54 Å². The molecule has 0 bridgehead atoms. The molecule has 3 heterocycles. The Kier molecular flexibility index (Phi) is 4.85. The van der Waals surface area contributed by atoms with Crippen LogP contribution in [0.3, 0.4) is 0 Å². The van der Waals surface area contributed by atoms with Crippen LogP contribution in [0.2, 0.25) is 0 Å². The fourth-order valence-electron chi connectivity index (χ4n) is 3.34. The molecule has 28 heavy (non-hydrogen) atoms. The van der Waals surface area contributed by atoms with Gasteiger partial charge in [0.15, 0.2) is 5.82 Å². The fourth-order valence-corrected chi connectivity index (χ4v) is 3.34. The highest BCUT2D eigenvalue weighted by molar-refractivity contribution is 5.56. The van der Waals surface area contributed by atoms with Gasteiger partial charge in [0.1, 0.15) is 0 Å². The molecule has 144 valence electrons. The zero-order valence-corrected chi connectivity index (χ0v) is 15.4. The molecule has 4 nitrogen and oxygen atoms in total. The summed E-state index contributed by atoms with van der Waals surface area (Å²) in [5, 5.41) is 0. The summed E-state index contributed by atoms with van der Waals surface area (Å²) in [5.74, 6) is 0.448. The van der Waals surface area contributed by atoms with E-state index in [0.717, 1.165) is 54.2 Å². The number of fused-ring (bicyclic) bond motifs is 1. The second-order valence-corrected chi connectivity index (χ2v) is 6.97. The average Bonchev–Trinajstić information content (AvgIpc) is 2.69. The van der Waals surface area contributed by atoms with Crippen molar-refractivity contribution >= 4 is 0 Å². The maximum atomic E-state index is 12.8.